The van der Waals surface area contributed by atoms with Crippen molar-refractivity contribution in [2.24, 2.45) is 0 Å². The highest BCUT2D eigenvalue weighted by molar-refractivity contribution is 8.18. The molecule has 1 fully saturated rings. The third kappa shape index (κ3) is 4.17. The number of thioether (sulfide) groups is 2. The van der Waals surface area contributed by atoms with E-state index in [1.165, 1.54) is 11.8 Å². The van der Waals surface area contributed by atoms with Crippen LogP contribution in [0.3, 0.4) is 0 Å². The van der Waals surface area contributed by atoms with Crippen molar-refractivity contribution in [3.05, 3.63) is 0 Å². The minimum atomic E-state index is -2.03. The molecule has 0 aromatic carbocycles. The summed E-state index contributed by atoms with van der Waals surface area (Å²) in [6.45, 7) is 0. The van der Waals surface area contributed by atoms with Crippen LogP contribution in [0.15, 0.2) is 0 Å². The van der Waals surface area contributed by atoms with E-state index in [-0.39, 0.29) is 5.94 Å². The molecule has 0 spiro atoms. The zero-order valence-corrected chi connectivity index (χ0v) is 16.3. The lowest BCUT2D eigenvalue weighted by atomic mass is 10.4. The minimum absolute atomic E-state index is 0.0490. The van der Waals surface area contributed by atoms with Gasteiger partial charge in [-0.25, -0.2) is 0 Å². The van der Waals surface area contributed by atoms with Gasteiger partial charge in [0.05, 0.1) is 5.94 Å². The topological polar surface area (TPSA) is 9.23 Å². The maximum atomic E-state index is 5.86. The van der Waals surface area contributed by atoms with Crippen LogP contribution in [0.5, 0.6) is 0 Å². The quantitative estimate of drug-likeness (QED) is 0.368. The van der Waals surface area contributed by atoms with Crippen molar-refractivity contribution in [3.63, 3.8) is 0 Å². The molecule has 18 heavy (non-hydrogen) atoms. The molecule has 1 unspecified atom stereocenters. The first-order valence-electron chi connectivity index (χ1n) is 3.95. The van der Waals surface area contributed by atoms with E-state index in [0.29, 0.717) is 0 Å². The van der Waals surface area contributed by atoms with E-state index in [0.717, 1.165) is 11.8 Å². The molecule has 1 saturated heterocycles. The third-order valence-corrected chi connectivity index (χ3v) is 8.71. The fourth-order valence-corrected chi connectivity index (χ4v) is 6.71. The second kappa shape index (κ2) is 6.41. The standard InChI is InChI=1S/C6H3Cl9OS2/c7-3(8,9)2-17-1-16-4(18-2,5(10,11)12)6(13,14)15/h2H,1H2. The lowest BCUT2D eigenvalue weighted by Crippen LogP contribution is -2.56. The van der Waals surface area contributed by atoms with E-state index in [1.807, 2.05) is 0 Å². The van der Waals surface area contributed by atoms with Gasteiger partial charge in [-0.3, -0.25) is 0 Å². The maximum absolute atomic E-state index is 5.86. The number of hydrogen-bond acceptors (Lipinski definition) is 3. The number of halogens is 9. The van der Waals surface area contributed by atoms with Crippen LogP contribution in [0.1, 0.15) is 0 Å². The predicted molar refractivity (Wildman–Crippen MR) is 88.5 cm³/mol. The maximum Gasteiger partial charge on any atom is 0.232 e. The molecule has 0 radical (unpaired) electrons. The van der Waals surface area contributed by atoms with Crippen molar-refractivity contribution >= 4 is 128 Å². The first-order chi connectivity index (χ1) is 7.81. The summed E-state index contributed by atoms with van der Waals surface area (Å²) in [5, 5.41) is 0. The van der Waals surface area contributed by atoms with Gasteiger partial charge in [-0.2, -0.15) is 0 Å². The second-order valence-corrected chi connectivity index (χ2v) is 12.6. The fourth-order valence-electron chi connectivity index (χ4n) is 1.02. The Labute approximate surface area is 158 Å². The minimum Gasteiger partial charge on any atom is -0.345 e. The van der Waals surface area contributed by atoms with Crippen molar-refractivity contribution in [1.82, 2.24) is 0 Å². The summed E-state index contributed by atoms with van der Waals surface area (Å²) >= 11 is 54.7. The summed E-state index contributed by atoms with van der Waals surface area (Å²) in [6.07, 6.45) is 0. The van der Waals surface area contributed by atoms with Crippen molar-refractivity contribution < 1.29 is 4.74 Å². The van der Waals surface area contributed by atoms with E-state index in [4.69, 9.17) is 109 Å². The van der Waals surface area contributed by atoms with Crippen LogP contribution in [0.2, 0.25) is 0 Å². The summed E-state index contributed by atoms with van der Waals surface area (Å²) in [5.74, 6) is 0.0490. The number of alkyl halides is 9. The van der Waals surface area contributed by atoms with Gasteiger partial charge in [0.1, 0.15) is 4.58 Å². The van der Waals surface area contributed by atoms with Gasteiger partial charge in [0, 0.05) is 0 Å². The van der Waals surface area contributed by atoms with E-state index in [1.54, 1.807) is 0 Å². The van der Waals surface area contributed by atoms with Gasteiger partial charge in [-0.05, 0) is 0 Å². The number of ether oxygens (including phenoxy) is 1. The normalized spacial score (nSPS) is 26.2. The predicted octanol–water partition coefficient (Wildman–Crippen LogP) is 6.57. The van der Waals surface area contributed by atoms with Crippen LogP contribution in [0.4, 0.5) is 0 Å². The Morgan fingerprint density at radius 1 is 0.889 bits per heavy atom. The highest BCUT2D eigenvalue weighted by Gasteiger charge is 2.66. The number of rotatable bonds is 0. The summed E-state index contributed by atoms with van der Waals surface area (Å²) in [7, 11) is 0. The molecule has 0 saturated carbocycles. The van der Waals surface area contributed by atoms with Crippen LogP contribution < -0.4 is 0 Å². The average molecular weight is 474 g/mol. The highest BCUT2D eigenvalue weighted by Crippen LogP contribution is 2.65. The Balaban J connectivity index is 3.14. The molecule has 0 N–H and O–H groups in total. The average Bonchev–Trinajstić information content (AvgIpc) is 2.13. The number of hydrogen-bond donors (Lipinski definition) is 0. The van der Waals surface area contributed by atoms with Gasteiger partial charge < -0.3 is 4.74 Å². The Kier molecular flexibility index (Phi) is 6.88. The SMILES string of the molecule is ClC(Cl)(Cl)C1SCOC(C(Cl)(Cl)Cl)(C(Cl)(Cl)Cl)S1. The smallest absolute Gasteiger partial charge is 0.232 e. The Morgan fingerprint density at radius 2 is 1.33 bits per heavy atom. The Morgan fingerprint density at radius 3 is 1.67 bits per heavy atom. The molecule has 0 aromatic rings. The molecule has 12 heteroatoms. The highest BCUT2D eigenvalue weighted by atomic mass is 35.6. The summed E-state index contributed by atoms with van der Waals surface area (Å²) in [6, 6.07) is 0. The zero-order valence-electron chi connectivity index (χ0n) is 7.91. The first-order valence-corrected chi connectivity index (χ1v) is 9.28. The van der Waals surface area contributed by atoms with Crippen molar-refractivity contribution in [3.8, 4) is 0 Å². The van der Waals surface area contributed by atoms with Gasteiger partial charge in [0.15, 0.2) is 0 Å². The largest absolute Gasteiger partial charge is 0.345 e. The van der Waals surface area contributed by atoms with Gasteiger partial charge in [0.2, 0.25) is 16.3 Å². The molecule has 1 atom stereocenters. The van der Waals surface area contributed by atoms with Crippen molar-refractivity contribution in [2.75, 3.05) is 5.94 Å². The lowest BCUT2D eigenvalue weighted by molar-refractivity contribution is 0.0629. The summed E-state index contributed by atoms with van der Waals surface area (Å²) < 4.78 is -0.933. The van der Waals surface area contributed by atoms with E-state index >= 15 is 0 Å². The fraction of sp³-hybridized carbons (Fsp3) is 1.00. The van der Waals surface area contributed by atoms with Crippen LogP contribution in [0.25, 0.3) is 0 Å². The van der Waals surface area contributed by atoms with Crippen LogP contribution in [-0.2, 0) is 4.74 Å². The first kappa shape index (κ1) is 19.3. The van der Waals surface area contributed by atoms with E-state index < -0.39 is 20.9 Å². The van der Waals surface area contributed by atoms with Gasteiger partial charge in [-0.1, -0.05) is 116 Å². The molecule has 1 nitrogen and oxygen atoms in total. The second-order valence-electron chi connectivity index (χ2n) is 3.03. The van der Waals surface area contributed by atoms with Crippen LogP contribution in [-0.4, -0.2) is 26.8 Å². The van der Waals surface area contributed by atoms with Gasteiger partial charge >= 0.3 is 0 Å². The van der Waals surface area contributed by atoms with E-state index in [9.17, 15) is 0 Å². The molecule has 1 aliphatic rings. The molecule has 0 aliphatic carbocycles. The molecular weight excluding hydrogens is 471 g/mol. The zero-order chi connectivity index (χ0) is 14.4. The molecule has 0 aromatic heterocycles. The van der Waals surface area contributed by atoms with Crippen molar-refractivity contribution in [2.45, 2.75) is 20.9 Å². The monoisotopic (exact) mass is 470 g/mol. The molecule has 1 aliphatic heterocycles. The van der Waals surface area contributed by atoms with Gasteiger partial charge in [0.25, 0.3) is 0 Å². The molecular formula is C6H3Cl9OS2. The molecule has 1 rings (SSSR count). The molecule has 0 bridgehead atoms. The lowest BCUT2D eigenvalue weighted by Gasteiger charge is -2.48. The molecule has 108 valence electrons. The Bertz CT molecular complexity index is 292. The third-order valence-electron chi connectivity index (χ3n) is 1.77. The summed E-state index contributed by atoms with van der Waals surface area (Å²) in [5.41, 5.74) is 0. The van der Waals surface area contributed by atoms with Crippen LogP contribution in [0, 0.1) is 0 Å². The molecule has 0 amide bonds. The van der Waals surface area contributed by atoms with Gasteiger partial charge in [-0.15, -0.1) is 11.8 Å². The van der Waals surface area contributed by atoms with Crippen molar-refractivity contribution in [1.29, 1.82) is 0 Å². The van der Waals surface area contributed by atoms with Crippen LogP contribution >= 0.6 is 128 Å². The molecule has 1 heterocycles. The summed E-state index contributed by atoms with van der Waals surface area (Å²) in [4.78, 5) is -1.78. The Hall–Kier alpha value is 3.27. The van der Waals surface area contributed by atoms with E-state index in [2.05, 4.69) is 0 Å².